The van der Waals surface area contributed by atoms with E-state index in [4.69, 9.17) is 4.52 Å². The summed E-state index contributed by atoms with van der Waals surface area (Å²) in [7, 11) is 2.20. The third-order valence-corrected chi connectivity index (χ3v) is 4.07. The minimum Gasteiger partial charge on any atom is -0.360 e. The van der Waals surface area contributed by atoms with Crippen LogP contribution < -0.4 is 5.32 Å². The molecule has 1 N–H and O–H groups in total. The molecule has 1 spiro atoms. The second-order valence-electron chi connectivity index (χ2n) is 5.22. The lowest BCUT2D eigenvalue weighted by Crippen LogP contribution is -2.43. The Bertz CT molecular complexity index is 376. The molecule has 1 aromatic rings. The van der Waals surface area contributed by atoms with Crippen LogP contribution in [0.2, 0.25) is 0 Å². The van der Waals surface area contributed by atoms with Crippen LogP contribution in [0.3, 0.4) is 0 Å². The predicted molar refractivity (Wildman–Crippen MR) is 61.2 cm³/mol. The van der Waals surface area contributed by atoms with Crippen LogP contribution in [0.25, 0.3) is 0 Å². The van der Waals surface area contributed by atoms with Crippen LogP contribution in [0.5, 0.6) is 0 Å². The van der Waals surface area contributed by atoms with Crippen LogP contribution >= 0.6 is 0 Å². The number of nitrogens with one attached hydrogen (secondary N) is 1. The number of hydrogen-bond donors (Lipinski definition) is 1. The molecular weight excluding hydrogens is 202 g/mol. The molecule has 0 amide bonds. The maximum Gasteiger partial charge on any atom is 0.148 e. The van der Waals surface area contributed by atoms with E-state index in [9.17, 15) is 0 Å². The highest BCUT2D eigenvalue weighted by atomic mass is 16.5. The van der Waals surface area contributed by atoms with Gasteiger partial charge in [0.15, 0.2) is 0 Å². The Balaban J connectivity index is 1.94. The fourth-order valence-corrected chi connectivity index (χ4v) is 3.07. The van der Waals surface area contributed by atoms with Crippen molar-refractivity contribution in [3.8, 4) is 0 Å². The zero-order valence-electron chi connectivity index (χ0n) is 9.83. The molecule has 2 aliphatic rings. The summed E-state index contributed by atoms with van der Waals surface area (Å²) in [5.41, 5.74) is 1.46. The molecule has 1 fully saturated rings. The zero-order valence-corrected chi connectivity index (χ0v) is 9.83. The predicted octanol–water partition coefficient (Wildman–Crippen LogP) is 1.13. The summed E-state index contributed by atoms with van der Waals surface area (Å²) in [5.74, 6) is 1.15. The summed E-state index contributed by atoms with van der Waals surface area (Å²) >= 11 is 0. The van der Waals surface area contributed by atoms with E-state index in [-0.39, 0.29) is 5.41 Å². The lowest BCUT2D eigenvalue weighted by molar-refractivity contribution is 0.233. The first kappa shape index (κ1) is 10.3. The lowest BCUT2D eigenvalue weighted by atomic mass is 9.75. The Labute approximate surface area is 96.0 Å². The van der Waals surface area contributed by atoms with Crippen molar-refractivity contribution in [1.29, 1.82) is 0 Å². The van der Waals surface area contributed by atoms with Gasteiger partial charge in [0.25, 0.3) is 0 Å². The molecule has 2 aliphatic heterocycles. The monoisotopic (exact) mass is 221 g/mol. The number of nitrogens with zero attached hydrogens (tertiary/aromatic N) is 2. The third kappa shape index (κ3) is 1.57. The number of likely N-dealkylation sites (tertiary alicyclic amines) is 1. The zero-order chi connectivity index (χ0) is 11.0. The highest BCUT2D eigenvalue weighted by molar-refractivity contribution is 5.27. The van der Waals surface area contributed by atoms with E-state index in [1.165, 1.54) is 31.4 Å². The van der Waals surface area contributed by atoms with Gasteiger partial charge in [-0.2, -0.15) is 0 Å². The second-order valence-corrected chi connectivity index (χ2v) is 5.22. The van der Waals surface area contributed by atoms with Gasteiger partial charge in [0.05, 0.1) is 6.20 Å². The van der Waals surface area contributed by atoms with Crippen LogP contribution in [0.4, 0.5) is 0 Å². The summed E-state index contributed by atoms with van der Waals surface area (Å²) in [5, 5.41) is 7.49. The van der Waals surface area contributed by atoms with Crippen molar-refractivity contribution in [3.63, 3.8) is 0 Å². The molecule has 1 saturated heterocycles. The number of rotatable bonds is 0. The molecule has 88 valence electrons. The van der Waals surface area contributed by atoms with Crippen molar-refractivity contribution in [2.75, 3.05) is 26.7 Å². The van der Waals surface area contributed by atoms with E-state index in [2.05, 4.69) is 22.4 Å². The SMILES string of the molecule is CN1CCCC2(CC1)CNCc1cnoc12. The van der Waals surface area contributed by atoms with Crippen molar-refractivity contribution >= 4 is 0 Å². The average molecular weight is 221 g/mol. The molecule has 0 aromatic carbocycles. The minimum atomic E-state index is 0.203. The lowest BCUT2D eigenvalue weighted by Gasteiger charge is -2.34. The van der Waals surface area contributed by atoms with Crippen LogP contribution in [-0.2, 0) is 12.0 Å². The maximum atomic E-state index is 5.53. The molecule has 4 heteroatoms. The highest BCUT2D eigenvalue weighted by Crippen LogP contribution is 2.38. The van der Waals surface area contributed by atoms with Crippen molar-refractivity contribution in [2.45, 2.75) is 31.2 Å². The Hall–Kier alpha value is -0.870. The van der Waals surface area contributed by atoms with Crippen molar-refractivity contribution in [2.24, 2.45) is 0 Å². The molecule has 3 heterocycles. The van der Waals surface area contributed by atoms with Gasteiger partial charge in [-0.3, -0.25) is 0 Å². The van der Waals surface area contributed by atoms with Gasteiger partial charge in [0.1, 0.15) is 5.76 Å². The van der Waals surface area contributed by atoms with Gasteiger partial charge >= 0.3 is 0 Å². The van der Waals surface area contributed by atoms with Crippen LogP contribution in [0.15, 0.2) is 10.7 Å². The van der Waals surface area contributed by atoms with Gasteiger partial charge < -0.3 is 14.7 Å². The topological polar surface area (TPSA) is 41.3 Å². The van der Waals surface area contributed by atoms with E-state index >= 15 is 0 Å². The first-order valence-electron chi connectivity index (χ1n) is 6.13. The van der Waals surface area contributed by atoms with Gasteiger partial charge in [0, 0.05) is 24.1 Å². The normalized spacial score (nSPS) is 31.3. The summed E-state index contributed by atoms with van der Waals surface area (Å²) in [4.78, 5) is 2.42. The summed E-state index contributed by atoms with van der Waals surface area (Å²) in [6.45, 7) is 4.31. The Morgan fingerprint density at radius 1 is 1.44 bits per heavy atom. The standard InChI is InChI=1S/C12H19N3O/c1-15-5-2-3-12(4-6-15)9-13-7-10-8-14-16-11(10)12/h8,13H,2-7,9H2,1H3. The molecule has 1 aromatic heterocycles. The molecule has 0 bridgehead atoms. The Kier molecular flexibility index (Phi) is 2.48. The fraction of sp³-hybridized carbons (Fsp3) is 0.750. The largest absolute Gasteiger partial charge is 0.360 e. The van der Waals surface area contributed by atoms with Crippen LogP contribution in [-0.4, -0.2) is 36.7 Å². The van der Waals surface area contributed by atoms with E-state index in [1.54, 1.807) is 0 Å². The Morgan fingerprint density at radius 2 is 2.38 bits per heavy atom. The summed E-state index contributed by atoms with van der Waals surface area (Å²) in [6.07, 6.45) is 5.52. The van der Waals surface area contributed by atoms with Gasteiger partial charge in [-0.25, -0.2) is 0 Å². The molecule has 0 aliphatic carbocycles. The highest BCUT2D eigenvalue weighted by Gasteiger charge is 2.41. The average Bonchev–Trinajstić information content (AvgIpc) is 2.69. The van der Waals surface area contributed by atoms with Crippen molar-refractivity contribution in [3.05, 3.63) is 17.5 Å². The summed E-state index contributed by atoms with van der Waals surface area (Å²) < 4.78 is 5.53. The molecule has 0 radical (unpaired) electrons. The van der Waals surface area contributed by atoms with Gasteiger partial charge in [-0.05, 0) is 39.4 Å². The van der Waals surface area contributed by atoms with E-state index in [0.717, 1.165) is 25.4 Å². The Morgan fingerprint density at radius 3 is 3.31 bits per heavy atom. The first-order valence-corrected chi connectivity index (χ1v) is 6.13. The quantitative estimate of drug-likeness (QED) is 0.713. The second kappa shape index (κ2) is 3.86. The molecule has 0 saturated carbocycles. The number of fused-ring (bicyclic) bond motifs is 2. The summed E-state index contributed by atoms with van der Waals surface area (Å²) in [6, 6.07) is 0. The van der Waals surface area contributed by atoms with Gasteiger partial charge in [-0.1, -0.05) is 5.16 Å². The number of hydrogen-bond acceptors (Lipinski definition) is 4. The first-order chi connectivity index (χ1) is 7.80. The van der Waals surface area contributed by atoms with E-state index in [1.807, 2.05) is 6.20 Å². The maximum absolute atomic E-state index is 5.53. The molecule has 16 heavy (non-hydrogen) atoms. The molecule has 3 rings (SSSR count). The fourth-order valence-electron chi connectivity index (χ4n) is 3.07. The molecule has 1 atom stereocenters. The van der Waals surface area contributed by atoms with Gasteiger partial charge in [-0.15, -0.1) is 0 Å². The molecule has 1 unspecified atom stereocenters. The third-order valence-electron chi connectivity index (χ3n) is 4.07. The van der Waals surface area contributed by atoms with E-state index < -0.39 is 0 Å². The molecular formula is C12H19N3O. The van der Waals surface area contributed by atoms with Crippen molar-refractivity contribution < 1.29 is 4.52 Å². The van der Waals surface area contributed by atoms with Crippen molar-refractivity contribution in [1.82, 2.24) is 15.4 Å². The van der Waals surface area contributed by atoms with Crippen LogP contribution in [0, 0.1) is 0 Å². The van der Waals surface area contributed by atoms with Crippen LogP contribution in [0.1, 0.15) is 30.6 Å². The van der Waals surface area contributed by atoms with E-state index in [0.29, 0.717) is 0 Å². The van der Waals surface area contributed by atoms with Gasteiger partial charge in [0.2, 0.25) is 0 Å². The smallest absolute Gasteiger partial charge is 0.148 e. The number of aromatic nitrogens is 1. The molecule has 4 nitrogen and oxygen atoms in total. The minimum absolute atomic E-state index is 0.203.